The molecule has 3 heterocycles. The summed E-state index contributed by atoms with van der Waals surface area (Å²) in [6.45, 7) is 0. The van der Waals surface area contributed by atoms with E-state index < -0.39 is 0 Å². The molecule has 3 nitrogen and oxygen atoms in total. The number of benzene rings is 3. The first kappa shape index (κ1) is 17.6. The fourth-order valence-electron chi connectivity index (χ4n) is 5.47. The van der Waals surface area contributed by atoms with Crippen molar-refractivity contribution < 1.29 is 0 Å². The van der Waals surface area contributed by atoms with Crippen molar-refractivity contribution in [2.45, 2.75) is 12.0 Å². The van der Waals surface area contributed by atoms with Crippen LogP contribution in [0, 0.1) is 0 Å². The Bertz CT molecular complexity index is 1530. The molecule has 0 radical (unpaired) electrons. The first-order chi connectivity index (χ1) is 15.9. The van der Waals surface area contributed by atoms with E-state index in [1.807, 2.05) is 12.3 Å². The lowest BCUT2D eigenvalue weighted by atomic mass is 9.91. The number of anilines is 2. The molecular weight excluding hydrogens is 390 g/mol. The maximum atomic E-state index is 4.75. The molecule has 0 bridgehead atoms. The molecule has 5 aromatic rings. The van der Waals surface area contributed by atoms with Crippen molar-refractivity contribution in [3.05, 3.63) is 121 Å². The zero-order valence-electron chi connectivity index (χ0n) is 17.5. The molecule has 0 N–H and O–H groups in total. The van der Waals surface area contributed by atoms with Gasteiger partial charge in [0.2, 0.25) is 0 Å². The molecule has 32 heavy (non-hydrogen) atoms. The Morgan fingerprint density at radius 1 is 0.688 bits per heavy atom. The standard InChI is InChI=1S/C29H21N3/c1-2-10-20(11-3-1)31-25-14-6-4-12-21(25)23-17-18-24-22-13-5-7-15-26(22)32(29(24)28(23)31)27-16-8-9-19-30-27/h1-19,21,25H. The van der Waals surface area contributed by atoms with Crippen molar-refractivity contribution >= 4 is 33.2 Å². The van der Waals surface area contributed by atoms with Gasteiger partial charge in [-0.2, -0.15) is 0 Å². The number of allylic oxidation sites excluding steroid dienone is 2. The SMILES string of the molecule is C1=CC2c3ccc4c5ccccc5n(-c5ccccn5)c4c3N(c3ccccc3)C2C=C1. The van der Waals surface area contributed by atoms with Crippen LogP contribution in [-0.2, 0) is 0 Å². The first-order valence-corrected chi connectivity index (χ1v) is 11.1. The van der Waals surface area contributed by atoms with Gasteiger partial charge in [0.15, 0.2) is 0 Å². The second kappa shape index (κ2) is 6.69. The average Bonchev–Trinajstić information content (AvgIpc) is 3.38. The minimum atomic E-state index is 0.262. The normalized spacial score (nSPS) is 18.9. The molecule has 152 valence electrons. The van der Waals surface area contributed by atoms with Gasteiger partial charge in [0.25, 0.3) is 0 Å². The third-order valence-electron chi connectivity index (χ3n) is 6.76. The van der Waals surface area contributed by atoms with Crippen LogP contribution in [0.25, 0.3) is 27.6 Å². The Balaban J connectivity index is 1.65. The predicted molar refractivity (Wildman–Crippen MR) is 132 cm³/mol. The van der Waals surface area contributed by atoms with Gasteiger partial charge in [-0.05, 0) is 35.9 Å². The lowest BCUT2D eigenvalue weighted by Crippen LogP contribution is -2.28. The summed E-state index contributed by atoms with van der Waals surface area (Å²) in [5.74, 6) is 1.27. The smallest absolute Gasteiger partial charge is 0.137 e. The third kappa shape index (κ3) is 2.33. The lowest BCUT2D eigenvalue weighted by Gasteiger charge is -2.29. The van der Waals surface area contributed by atoms with E-state index in [-0.39, 0.29) is 6.04 Å². The van der Waals surface area contributed by atoms with Crippen molar-refractivity contribution in [1.29, 1.82) is 0 Å². The molecule has 1 aliphatic heterocycles. The Morgan fingerprint density at radius 3 is 2.38 bits per heavy atom. The van der Waals surface area contributed by atoms with Crippen molar-refractivity contribution in [3.63, 3.8) is 0 Å². The van der Waals surface area contributed by atoms with Gasteiger partial charge in [-0.3, -0.25) is 4.57 Å². The maximum absolute atomic E-state index is 4.75. The van der Waals surface area contributed by atoms with E-state index in [1.165, 1.54) is 38.7 Å². The predicted octanol–water partition coefficient (Wildman–Crippen LogP) is 6.91. The number of para-hydroxylation sites is 2. The molecule has 0 amide bonds. The van der Waals surface area contributed by atoms with Crippen LogP contribution in [-0.4, -0.2) is 15.6 Å². The molecule has 0 saturated carbocycles. The zero-order valence-corrected chi connectivity index (χ0v) is 17.5. The van der Waals surface area contributed by atoms with Crippen LogP contribution in [0.1, 0.15) is 11.5 Å². The average molecular weight is 412 g/mol. The summed E-state index contributed by atoms with van der Waals surface area (Å²) in [6.07, 6.45) is 10.9. The summed E-state index contributed by atoms with van der Waals surface area (Å²) in [5, 5.41) is 2.52. The number of hydrogen-bond acceptors (Lipinski definition) is 2. The number of pyridine rings is 1. The number of aromatic nitrogens is 2. The number of rotatable bonds is 2. The summed E-state index contributed by atoms with van der Waals surface area (Å²) >= 11 is 0. The lowest BCUT2D eigenvalue weighted by molar-refractivity contribution is 0.745. The van der Waals surface area contributed by atoms with Gasteiger partial charge < -0.3 is 4.90 Å². The van der Waals surface area contributed by atoms with Gasteiger partial charge in [0.1, 0.15) is 5.82 Å². The summed E-state index contributed by atoms with van der Waals surface area (Å²) in [4.78, 5) is 7.27. The van der Waals surface area contributed by atoms with E-state index in [9.17, 15) is 0 Å². The van der Waals surface area contributed by atoms with Crippen LogP contribution in [0.5, 0.6) is 0 Å². The van der Waals surface area contributed by atoms with Crippen molar-refractivity contribution in [3.8, 4) is 5.82 Å². The molecule has 3 aromatic carbocycles. The summed E-state index contributed by atoms with van der Waals surface area (Å²) in [5.41, 5.74) is 6.27. The Labute approximate surface area is 186 Å². The highest BCUT2D eigenvalue weighted by Crippen LogP contribution is 2.52. The molecule has 7 rings (SSSR count). The largest absolute Gasteiger partial charge is 0.332 e. The molecule has 1 aliphatic carbocycles. The molecule has 0 saturated heterocycles. The molecule has 2 atom stereocenters. The fourth-order valence-corrected chi connectivity index (χ4v) is 5.47. The van der Waals surface area contributed by atoms with Gasteiger partial charge in [0, 0.05) is 28.6 Å². The highest BCUT2D eigenvalue weighted by Gasteiger charge is 2.39. The van der Waals surface area contributed by atoms with E-state index in [4.69, 9.17) is 4.98 Å². The van der Waals surface area contributed by atoms with E-state index >= 15 is 0 Å². The van der Waals surface area contributed by atoms with Gasteiger partial charge in [-0.1, -0.05) is 78.9 Å². The molecule has 0 fully saturated rings. The van der Waals surface area contributed by atoms with Crippen LogP contribution in [0.4, 0.5) is 11.4 Å². The van der Waals surface area contributed by atoms with Gasteiger partial charge in [0.05, 0.1) is 22.8 Å². The van der Waals surface area contributed by atoms with Crippen molar-refractivity contribution in [2.24, 2.45) is 0 Å². The molecule has 2 unspecified atom stereocenters. The summed E-state index contributed by atoms with van der Waals surface area (Å²) < 4.78 is 2.34. The van der Waals surface area contributed by atoms with Crippen molar-refractivity contribution in [2.75, 3.05) is 4.90 Å². The topological polar surface area (TPSA) is 21.1 Å². The van der Waals surface area contributed by atoms with E-state index in [0.717, 1.165) is 5.82 Å². The number of nitrogens with zero attached hydrogens (tertiary/aromatic N) is 3. The Kier molecular flexibility index (Phi) is 3.67. The number of fused-ring (bicyclic) bond motifs is 7. The highest BCUT2D eigenvalue weighted by atomic mass is 15.2. The zero-order chi connectivity index (χ0) is 21.1. The minimum absolute atomic E-state index is 0.262. The summed E-state index contributed by atoms with van der Waals surface area (Å²) in [7, 11) is 0. The summed E-state index contributed by atoms with van der Waals surface area (Å²) in [6, 6.07) is 30.4. The second-order valence-electron chi connectivity index (χ2n) is 8.43. The van der Waals surface area contributed by atoms with Gasteiger partial charge in [-0.25, -0.2) is 4.98 Å². The van der Waals surface area contributed by atoms with E-state index in [0.29, 0.717) is 5.92 Å². The molecule has 0 spiro atoms. The Morgan fingerprint density at radius 2 is 1.50 bits per heavy atom. The van der Waals surface area contributed by atoms with Gasteiger partial charge in [-0.15, -0.1) is 0 Å². The minimum Gasteiger partial charge on any atom is -0.332 e. The van der Waals surface area contributed by atoms with Crippen molar-refractivity contribution in [1.82, 2.24) is 9.55 Å². The number of hydrogen-bond donors (Lipinski definition) is 0. The van der Waals surface area contributed by atoms with Crippen LogP contribution in [0.15, 0.2) is 115 Å². The third-order valence-corrected chi connectivity index (χ3v) is 6.76. The highest BCUT2D eigenvalue weighted by molar-refractivity contribution is 6.15. The second-order valence-corrected chi connectivity index (χ2v) is 8.43. The molecule has 3 heteroatoms. The van der Waals surface area contributed by atoms with Crippen LogP contribution in [0.2, 0.25) is 0 Å². The molecule has 2 aromatic heterocycles. The van der Waals surface area contributed by atoms with Crippen LogP contribution in [0.3, 0.4) is 0 Å². The molecule has 2 aliphatic rings. The first-order valence-electron chi connectivity index (χ1n) is 11.1. The van der Waals surface area contributed by atoms with Crippen LogP contribution < -0.4 is 4.90 Å². The van der Waals surface area contributed by atoms with E-state index in [2.05, 4.69) is 113 Å². The van der Waals surface area contributed by atoms with Crippen LogP contribution >= 0.6 is 0 Å². The molecular formula is C29H21N3. The maximum Gasteiger partial charge on any atom is 0.137 e. The van der Waals surface area contributed by atoms with E-state index in [1.54, 1.807) is 0 Å². The quantitative estimate of drug-likeness (QED) is 0.315. The monoisotopic (exact) mass is 411 g/mol. The fraction of sp³-hybridized carbons (Fsp3) is 0.0690. The Hall–Kier alpha value is -4.11. The van der Waals surface area contributed by atoms with Gasteiger partial charge >= 0.3 is 0 Å².